The third kappa shape index (κ3) is 3.38. The van der Waals surface area contributed by atoms with E-state index in [2.05, 4.69) is 5.32 Å². The molecule has 7 heteroatoms. The monoisotopic (exact) mass is 290 g/mol. The Bertz CT molecular complexity index is 606. The molecule has 0 aliphatic carbocycles. The molecule has 21 heavy (non-hydrogen) atoms. The number of ether oxygens (including phenoxy) is 1. The minimum absolute atomic E-state index is 0.209. The molecule has 1 aliphatic heterocycles. The molecule has 3 amide bonds. The van der Waals surface area contributed by atoms with E-state index in [1.165, 1.54) is 0 Å². The van der Waals surface area contributed by atoms with E-state index in [1.807, 2.05) is 0 Å². The summed E-state index contributed by atoms with van der Waals surface area (Å²) in [5.41, 5.74) is 0.903. The molecule has 2 rings (SSSR count). The van der Waals surface area contributed by atoms with Crippen molar-refractivity contribution in [2.24, 2.45) is 0 Å². The smallest absolute Gasteiger partial charge is 0.341 e. The number of nitrogens with one attached hydrogen (secondary N) is 1. The van der Waals surface area contributed by atoms with Crippen LogP contribution >= 0.6 is 0 Å². The SMILES string of the molecule is CCN1C(=O)NC(=Cc2ccc(OCC(=O)O)cc2)C1=O. The number of carbonyl (C=O) groups is 3. The molecular weight excluding hydrogens is 276 g/mol. The second-order valence-corrected chi connectivity index (χ2v) is 4.29. The van der Waals surface area contributed by atoms with Crippen molar-refractivity contribution in [2.45, 2.75) is 6.92 Å². The van der Waals surface area contributed by atoms with Crippen molar-refractivity contribution in [3.05, 3.63) is 35.5 Å². The van der Waals surface area contributed by atoms with Gasteiger partial charge in [0.15, 0.2) is 6.61 Å². The van der Waals surface area contributed by atoms with Crippen molar-refractivity contribution in [1.29, 1.82) is 0 Å². The molecule has 0 bridgehead atoms. The number of hydrogen-bond donors (Lipinski definition) is 2. The maximum Gasteiger partial charge on any atom is 0.341 e. The molecule has 0 spiro atoms. The molecular formula is C14H14N2O5. The number of aliphatic carboxylic acids is 1. The second kappa shape index (κ2) is 6.08. The number of benzene rings is 1. The van der Waals surface area contributed by atoms with E-state index in [1.54, 1.807) is 37.3 Å². The van der Waals surface area contributed by atoms with Gasteiger partial charge in [0.2, 0.25) is 0 Å². The molecule has 0 saturated carbocycles. The van der Waals surface area contributed by atoms with Gasteiger partial charge in [-0.05, 0) is 30.7 Å². The van der Waals surface area contributed by atoms with E-state index in [9.17, 15) is 14.4 Å². The lowest BCUT2D eigenvalue weighted by atomic mass is 10.2. The predicted molar refractivity (Wildman–Crippen MR) is 73.5 cm³/mol. The average Bonchev–Trinajstić information content (AvgIpc) is 2.72. The minimum atomic E-state index is -1.06. The average molecular weight is 290 g/mol. The standard InChI is InChI=1S/C14H14N2O5/c1-2-16-13(19)11(15-14(16)20)7-9-3-5-10(6-4-9)21-8-12(17)18/h3-7H,2,8H2,1H3,(H,15,20)(H,17,18). The summed E-state index contributed by atoms with van der Waals surface area (Å²) in [7, 11) is 0. The molecule has 0 radical (unpaired) electrons. The van der Waals surface area contributed by atoms with Gasteiger partial charge in [0.1, 0.15) is 11.4 Å². The molecule has 2 N–H and O–H groups in total. The summed E-state index contributed by atoms with van der Waals surface area (Å²) < 4.78 is 5.00. The van der Waals surface area contributed by atoms with Gasteiger partial charge in [-0.2, -0.15) is 0 Å². The highest BCUT2D eigenvalue weighted by molar-refractivity contribution is 6.13. The van der Waals surface area contributed by atoms with Crippen molar-refractivity contribution < 1.29 is 24.2 Å². The highest BCUT2D eigenvalue weighted by Crippen LogP contribution is 2.17. The van der Waals surface area contributed by atoms with Crippen molar-refractivity contribution >= 4 is 24.0 Å². The van der Waals surface area contributed by atoms with Gasteiger partial charge in [-0.3, -0.25) is 9.69 Å². The lowest BCUT2D eigenvalue weighted by Gasteiger charge is -2.06. The van der Waals surface area contributed by atoms with Gasteiger partial charge in [0.25, 0.3) is 5.91 Å². The van der Waals surface area contributed by atoms with Crippen LogP contribution in [0, 0.1) is 0 Å². The largest absolute Gasteiger partial charge is 0.482 e. The highest BCUT2D eigenvalue weighted by Gasteiger charge is 2.31. The summed E-state index contributed by atoms with van der Waals surface area (Å²) in [5.74, 6) is -1.01. The Morgan fingerprint density at radius 3 is 2.52 bits per heavy atom. The first kappa shape index (κ1) is 14.6. The number of carbonyl (C=O) groups excluding carboxylic acids is 2. The zero-order valence-electron chi connectivity index (χ0n) is 11.3. The van der Waals surface area contributed by atoms with Gasteiger partial charge in [-0.1, -0.05) is 12.1 Å². The second-order valence-electron chi connectivity index (χ2n) is 4.29. The van der Waals surface area contributed by atoms with Crippen molar-refractivity contribution in [3.8, 4) is 5.75 Å². The van der Waals surface area contributed by atoms with Crippen LogP contribution in [0.2, 0.25) is 0 Å². The number of nitrogens with zero attached hydrogens (tertiary/aromatic N) is 1. The molecule has 0 unspecified atom stereocenters. The number of amides is 3. The fourth-order valence-electron chi connectivity index (χ4n) is 1.83. The van der Waals surface area contributed by atoms with Crippen LogP contribution in [0.15, 0.2) is 30.0 Å². The van der Waals surface area contributed by atoms with Crippen LogP contribution in [0.4, 0.5) is 4.79 Å². The summed E-state index contributed by atoms with van der Waals surface area (Å²) in [6, 6.07) is 6.08. The van der Waals surface area contributed by atoms with E-state index >= 15 is 0 Å². The van der Waals surface area contributed by atoms with Crippen LogP contribution in [0.1, 0.15) is 12.5 Å². The number of urea groups is 1. The van der Waals surface area contributed by atoms with E-state index in [4.69, 9.17) is 9.84 Å². The molecule has 110 valence electrons. The maximum absolute atomic E-state index is 11.9. The topological polar surface area (TPSA) is 95.9 Å². The molecule has 1 saturated heterocycles. The van der Waals surface area contributed by atoms with Crippen molar-refractivity contribution in [1.82, 2.24) is 10.2 Å². The normalized spacial score (nSPS) is 16.2. The first-order chi connectivity index (χ1) is 10.0. The van der Waals surface area contributed by atoms with Crippen molar-refractivity contribution in [2.75, 3.05) is 13.2 Å². The lowest BCUT2D eigenvalue weighted by molar-refractivity contribution is -0.139. The molecule has 1 aliphatic rings. The summed E-state index contributed by atoms with van der Waals surface area (Å²) in [5, 5.41) is 11.0. The third-order valence-electron chi connectivity index (χ3n) is 2.83. The first-order valence-corrected chi connectivity index (χ1v) is 6.30. The maximum atomic E-state index is 11.9. The fraction of sp³-hybridized carbons (Fsp3) is 0.214. The molecule has 1 aromatic rings. The fourth-order valence-corrected chi connectivity index (χ4v) is 1.83. The molecule has 0 atom stereocenters. The summed E-state index contributed by atoms with van der Waals surface area (Å²) in [6.45, 7) is 1.61. The van der Waals surface area contributed by atoms with Crippen LogP contribution in [0.5, 0.6) is 5.75 Å². The van der Waals surface area contributed by atoms with Crippen LogP contribution in [-0.4, -0.2) is 41.1 Å². The Kier molecular flexibility index (Phi) is 4.22. The van der Waals surface area contributed by atoms with E-state index < -0.39 is 18.6 Å². The lowest BCUT2D eigenvalue weighted by Crippen LogP contribution is -2.30. The van der Waals surface area contributed by atoms with Gasteiger partial charge in [0.05, 0.1) is 0 Å². The summed E-state index contributed by atoms with van der Waals surface area (Å²) in [6.07, 6.45) is 1.55. The molecule has 1 heterocycles. The van der Waals surface area contributed by atoms with Gasteiger partial charge in [0, 0.05) is 6.54 Å². The van der Waals surface area contributed by atoms with E-state index in [-0.39, 0.29) is 11.6 Å². The number of rotatable bonds is 5. The summed E-state index contributed by atoms with van der Waals surface area (Å²) in [4.78, 5) is 34.9. The van der Waals surface area contributed by atoms with E-state index in [0.29, 0.717) is 17.9 Å². The Morgan fingerprint density at radius 1 is 1.33 bits per heavy atom. The Balaban J connectivity index is 2.09. The number of carboxylic acid groups (broad SMARTS) is 1. The van der Waals surface area contributed by atoms with Gasteiger partial charge in [-0.15, -0.1) is 0 Å². The van der Waals surface area contributed by atoms with Crippen LogP contribution in [0.25, 0.3) is 6.08 Å². The number of hydrogen-bond acceptors (Lipinski definition) is 4. The van der Waals surface area contributed by atoms with Crippen molar-refractivity contribution in [3.63, 3.8) is 0 Å². The zero-order chi connectivity index (χ0) is 15.4. The van der Waals surface area contributed by atoms with Crippen LogP contribution in [0.3, 0.4) is 0 Å². The number of imide groups is 1. The van der Waals surface area contributed by atoms with Gasteiger partial charge in [-0.25, -0.2) is 9.59 Å². The third-order valence-corrected chi connectivity index (χ3v) is 2.83. The molecule has 1 fully saturated rings. The van der Waals surface area contributed by atoms with Crippen LogP contribution < -0.4 is 10.1 Å². The number of likely N-dealkylation sites (N-methyl/N-ethyl adjacent to an activating group) is 1. The predicted octanol–water partition coefficient (Wildman–Crippen LogP) is 1.06. The Labute approximate surface area is 120 Å². The van der Waals surface area contributed by atoms with Gasteiger partial charge < -0.3 is 15.2 Å². The van der Waals surface area contributed by atoms with E-state index in [0.717, 1.165) is 4.90 Å². The Morgan fingerprint density at radius 2 is 2.00 bits per heavy atom. The molecule has 7 nitrogen and oxygen atoms in total. The number of carboxylic acids is 1. The van der Waals surface area contributed by atoms with Crippen LogP contribution in [-0.2, 0) is 9.59 Å². The first-order valence-electron chi connectivity index (χ1n) is 6.30. The quantitative estimate of drug-likeness (QED) is 0.624. The minimum Gasteiger partial charge on any atom is -0.482 e. The molecule has 1 aromatic carbocycles. The molecule has 0 aromatic heterocycles. The summed E-state index contributed by atoms with van der Waals surface area (Å²) >= 11 is 0. The van der Waals surface area contributed by atoms with Gasteiger partial charge >= 0.3 is 12.0 Å². The zero-order valence-corrected chi connectivity index (χ0v) is 11.3. The Hall–Kier alpha value is -2.83. The highest BCUT2D eigenvalue weighted by atomic mass is 16.5.